The summed E-state index contributed by atoms with van der Waals surface area (Å²) in [5.41, 5.74) is 1.57. The number of rotatable bonds is 9. The number of aliphatic hydroxyl groups is 1. The van der Waals surface area contributed by atoms with Crippen molar-refractivity contribution in [2.75, 3.05) is 62.3 Å². The lowest BCUT2D eigenvalue weighted by molar-refractivity contribution is 0.0663. The molecule has 1 atom stereocenters. The van der Waals surface area contributed by atoms with Gasteiger partial charge in [0.1, 0.15) is 24.2 Å². The van der Waals surface area contributed by atoms with E-state index in [4.69, 9.17) is 9.47 Å². The SMILES string of the molecule is COc1ccccc1N1CCN(CC(O)COc2ccc(NS(C)(=O)=O)cc2)CC1. The van der Waals surface area contributed by atoms with E-state index in [1.54, 1.807) is 31.4 Å². The van der Waals surface area contributed by atoms with E-state index in [2.05, 4.69) is 20.6 Å². The van der Waals surface area contributed by atoms with Crippen LogP contribution in [0.3, 0.4) is 0 Å². The maximum Gasteiger partial charge on any atom is 0.229 e. The maximum absolute atomic E-state index is 11.2. The largest absolute Gasteiger partial charge is 0.495 e. The van der Waals surface area contributed by atoms with Gasteiger partial charge in [-0.25, -0.2) is 8.42 Å². The van der Waals surface area contributed by atoms with Gasteiger partial charge < -0.3 is 19.5 Å². The minimum atomic E-state index is -3.30. The van der Waals surface area contributed by atoms with Crippen LogP contribution in [0.1, 0.15) is 0 Å². The Morgan fingerprint density at radius 1 is 1.07 bits per heavy atom. The molecule has 0 spiro atoms. The van der Waals surface area contributed by atoms with E-state index in [1.165, 1.54) is 0 Å². The lowest BCUT2D eigenvalue weighted by Crippen LogP contribution is -2.49. The van der Waals surface area contributed by atoms with Crippen LogP contribution in [0, 0.1) is 0 Å². The van der Waals surface area contributed by atoms with Gasteiger partial charge in [0.05, 0.1) is 19.1 Å². The zero-order valence-electron chi connectivity index (χ0n) is 17.3. The Morgan fingerprint density at radius 3 is 2.37 bits per heavy atom. The highest BCUT2D eigenvalue weighted by Crippen LogP contribution is 2.28. The molecule has 0 radical (unpaired) electrons. The standard InChI is InChI=1S/C21H29N3O5S/c1-28-21-6-4-3-5-20(21)24-13-11-23(12-14-24)15-18(25)16-29-19-9-7-17(8-10-19)22-30(2,26)27/h3-10,18,22,25H,11-16H2,1-2H3. The van der Waals surface area contributed by atoms with Crippen LogP contribution in [0.15, 0.2) is 48.5 Å². The molecule has 8 nitrogen and oxygen atoms in total. The topological polar surface area (TPSA) is 91.3 Å². The predicted octanol–water partition coefficient (Wildman–Crippen LogP) is 1.63. The molecule has 0 amide bonds. The van der Waals surface area contributed by atoms with Crippen molar-refractivity contribution in [1.29, 1.82) is 0 Å². The van der Waals surface area contributed by atoms with Crippen LogP contribution in [-0.2, 0) is 10.0 Å². The van der Waals surface area contributed by atoms with Crippen LogP contribution in [0.2, 0.25) is 0 Å². The molecule has 1 fully saturated rings. The lowest BCUT2D eigenvalue weighted by atomic mass is 10.2. The molecule has 1 aliphatic rings. The van der Waals surface area contributed by atoms with Crippen molar-refractivity contribution in [3.05, 3.63) is 48.5 Å². The van der Waals surface area contributed by atoms with Gasteiger partial charge in [0, 0.05) is 38.4 Å². The first-order valence-electron chi connectivity index (χ1n) is 9.83. The maximum atomic E-state index is 11.2. The number of β-amino-alcohol motifs (C(OH)–C–C–N with tert-alkyl or cyclic N) is 1. The van der Waals surface area contributed by atoms with Gasteiger partial charge in [-0.05, 0) is 36.4 Å². The number of methoxy groups -OCH3 is 1. The number of hydrogen-bond acceptors (Lipinski definition) is 7. The molecule has 9 heteroatoms. The van der Waals surface area contributed by atoms with E-state index in [9.17, 15) is 13.5 Å². The van der Waals surface area contributed by atoms with Crippen molar-refractivity contribution in [2.24, 2.45) is 0 Å². The number of anilines is 2. The second-order valence-corrected chi connectivity index (χ2v) is 9.07. The molecule has 1 unspecified atom stereocenters. The third-order valence-corrected chi connectivity index (χ3v) is 5.47. The van der Waals surface area contributed by atoms with Crippen LogP contribution in [-0.4, -0.2) is 77.2 Å². The van der Waals surface area contributed by atoms with E-state index >= 15 is 0 Å². The van der Waals surface area contributed by atoms with Gasteiger partial charge >= 0.3 is 0 Å². The summed E-state index contributed by atoms with van der Waals surface area (Å²) in [7, 11) is -1.62. The van der Waals surface area contributed by atoms with E-state index < -0.39 is 16.1 Å². The van der Waals surface area contributed by atoms with Gasteiger partial charge in [-0.3, -0.25) is 9.62 Å². The first-order valence-corrected chi connectivity index (χ1v) is 11.7. The lowest BCUT2D eigenvalue weighted by Gasteiger charge is -2.37. The summed E-state index contributed by atoms with van der Waals surface area (Å²) >= 11 is 0. The van der Waals surface area contributed by atoms with Crippen LogP contribution in [0.25, 0.3) is 0 Å². The van der Waals surface area contributed by atoms with Crippen LogP contribution < -0.4 is 19.1 Å². The van der Waals surface area contributed by atoms with Crippen LogP contribution in [0.5, 0.6) is 11.5 Å². The first-order chi connectivity index (χ1) is 14.3. The third kappa shape index (κ3) is 6.51. The van der Waals surface area contributed by atoms with Crippen LogP contribution >= 0.6 is 0 Å². The van der Waals surface area contributed by atoms with Crippen molar-refractivity contribution < 1.29 is 23.0 Å². The van der Waals surface area contributed by atoms with Gasteiger partial charge in [0.25, 0.3) is 0 Å². The summed E-state index contributed by atoms with van der Waals surface area (Å²) in [6, 6.07) is 14.6. The number of benzene rings is 2. The van der Waals surface area contributed by atoms with Gasteiger partial charge in [-0.2, -0.15) is 0 Å². The molecule has 2 aromatic rings. The number of nitrogens with zero attached hydrogens (tertiary/aromatic N) is 2. The van der Waals surface area contributed by atoms with E-state index in [-0.39, 0.29) is 6.61 Å². The number of aliphatic hydroxyl groups excluding tert-OH is 1. The molecule has 2 N–H and O–H groups in total. The van der Waals surface area contributed by atoms with Crippen molar-refractivity contribution in [1.82, 2.24) is 4.90 Å². The van der Waals surface area contributed by atoms with Gasteiger partial charge in [-0.1, -0.05) is 12.1 Å². The molecule has 30 heavy (non-hydrogen) atoms. The van der Waals surface area contributed by atoms with Crippen molar-refractivity contribution in [2.45, 2.75) is 6.10 Å². The second kappa shape index (κ2) is 10.0. The van der Waals surface area contributed by atoms with E-state index in [0.29, 0.717) is 18.0 Å². The number of ether oxygens (including phenoxy) is 2. The average molecular weight is 436 g/mol. The molecule has 0 bridgehead atoms. The minimum absolute atomic E-state index is 0.172. The molecule has 0 aliphatic carbocycles. The smallest absolute Gasteiger partial charge is 0.229 e. The van der Waals surface area contributed by atoms with Crippen molar-refractivity contribution in [3.8, 4) is 11.5 Å². The summed E-state index contributed by atoms with van der Waals surface area (Å²) in [6.07, 6.45) is 0.487. The van der Waals surface area contributed by atoms with Crippen molar-refractivity contribution >= 4 is 21.4 Å². The molecule has 164 valence electrons. The van der Waals surface area contributed by atoms with Gasteiger partial charge in [0.2, 0.25) is 10.0 Å². The van der Waals surface area contributed by atoms with Crippen molar-refractivity contribution in [3.63, 3.8) is 0 Å². The predicted molar refractivity (Wildman–Crippen MR) is 118 cm³/mol. The Kier molecular flexibility index (Phi) is 7.41. The minimum Gasteiger partial charge on any atom is -0.495 e. The Balaban J connectivity index is 1.42. The highest BCUT2D eigenvalue weighted by atomic mass is 32.2. The molecule has 1 heterocycles. The molecule has 2 aromatic carbocycles. The number of nitrogens with one attached hydrogen (secondary N) is 1. The molecule has 3 rings (SSSR count). The summed E-state index contributed by atoms with van der Waals surface area (Å²) in [5.74, 6) is 1.45. The third-order valence-electron chi connectivity index (χ3n) is 4.87. The Labute approximate surface area is 178 Å². The fraction of sp³-hybridized carbons (Fsp3) is 0.429. The zero-order chi connectivity index (χ0) is 21.6. The Morgan fingerprint density at radius 2 is 1.73 bits per heavy atom. The molecule has 1 aliphatic heterocycles. The normalized spacial score (nSPS) is 16.2. The average Bonchev–Trinajstić information content (AvgIpc) is 2.73. The molecule has 0 aromatic heterocycles. The molecular formula is C21H29N3O5S. The molecule has 0 saturated carbocycles. The summed E-state index contributed by atoms with van der Waals surface area (Å²) < 4.78 is 35.9. The summed E-state index contributed by atoms with van der Waals surface area (Å²) in [4.78, 5) is 4.52. The van der Waals surface area contributed by atoms with Gasteiger partial charge in [-0.15, -0.1) is 0 Å². The fourth-order valence-electron chi connectivity index (χ4n) is 3.44. The highest BCUT2D eigenvalue weighted by Gasteiger charge is 2.21. The van der Waals surface area contributed by atoms with Gasteiger partial charge in [0.15, 0.2) is 0 Å². The summed E-state index contributed by atoms with van der Waals surface area (Å²) in [5, 5.41) is 10.3. The fourth-order valence-corrected chi connectivity index (χ4v) is 4.00. The first kappa shape index (κ1) is 22.2. The van der Waals surface area contributed by atoms with E-state index in [0.717, 1.165) is 43.9 Å². The molecule has 1 saturated heterocycles. The molecular weight excluding hydrogens is 406 g/mol. The Bertz CT molecular complexity index is 912. The Hall–Kier alpha value is -2.49. The summed E-state index contributed by atoms with van der Waals surface area (Å²) in [6.45, 7) is 4.13. The number of sulfonamides is 1. The van der Waals surface area contributed by atoms with E-state index in [1.807, 2.05) is 18.2 Å². The number of hydrogen-bond donors (Lipinski definition) is 2. The van der Waals surface area contributed by atoms with Crippen LogP contribution in [0.4, 0.5) is 11.4 Å². The number of para-hydroxylation sites is 2. The zero-order valence-corrected chi connectivity index (χ0v) is 18.1. The monoisotopic (exact) mass is 435 g/mol. The number of piperazine rings is 1. The quantitative estimate of drug-likeness (QED) is 0.619. The second-order valence-electron chi connectivity index (χ2n) is 7.32. The highest BCUT2D eigenvalue weighted by molar-refractivity contribution is 7.92.